The highest BCUT2D eigenvalue weighted by Gasteiger charge is 2.05. The molecule has 0 saturated carbocycles. The highest BCUT2D eigenvalue weighted by Crippen LogP contribution is 2.18. The minimum Gasteiger partial charge on any atom is -0.296 e. The summed E-state index contributed by atoms with van der Waals surface area (Å²) in [4.78, 5) is 13.8. The summed E-state index contributed by atoms with van der Waals surface area (Å²) in [6, 6.07) is 4.37. The van der Waals surface area contributed by atoms with Crippen LogP contribution in [0.5, 0.6) is 0 Å². The van der Waals surface area contributed by atoms with Crippen molar-refractivity contribution in [3.63, 3.8) is 0 Å². The highest BCUT2D eigenvalue weighted by molar-refractivity contribution is 9.10. The van der Waals surface area contributed by atoms with Crippen LogP contribution in [-0.4, -0.2) is 14.8 Å². The topological polar surface area (TPSA) is 50.7 Å². The van der Waals surface area contributed by atoms with Gasteiger partial charge in [-0.05, 0) is 42.9 Å². The smallest absolute Gasteiger partial charge is 0.273 e. The van der Waals surface area contributed by atoms with Gasteiger partial charge in [-0.3, -0.25) is 9.78 Å². The van der Waals surface area contributed by atoms with E-state index < -0.39 is 0 Å². The van der Waals surface area contributed by atoms with Gasteiger partial charge in [-0.25, -0.2) is 9.07 Å². The molecule has 94 valence electrons. The molecule has 0 fully saturated rings. The summed E-state index contributed by atoms with van der Waals surface area (Å²) >= 11 is 8.34. The molecule has 0 atom stereocenters. The Kier molecular flexibility index (Phi) is 3.72. The largest absolute Gasteiger partial charge is 0.296 e. The van der Waals surface area contributed by atoms with Gasteiger partial charge in [0.25, 0.3) is 5.56 Å². The number of hydrogen-bond donors (Lipinski definition) is 1. The van der Waals surface area contributed by atoms with E-state index in [0.29, 0.717) is 11.3 Å². The molecule has 0 spiro atoms. The Bertz CT molecular complexity index is 710. The van der Waals surface area contributed by atoms with Crippen LogP contribution in [0.25, 0.3) is 0 Å². The van der Waals surface area contributed by atoms with E-state index in [0.717, 1.165) is 4.47 Å². The molecule has 1 aromatic heterocycles. The van der Waals surface area contributed by atoms with Gasteiger partial charge in [-0.1, -0.05) is 15.9 Å². The molecular formula is C11H9BrFN3OS. The normalized spacial score (nSPS) is 10.6. The fourth-order valence-corrected chi connectivity index (χ4v) is 2.03. The molecule has 0 saturated heterocycles. The molecule has 0 aliphatic rings. The monoisotopic (exact) mass is 329 g/mol. The zero-order chi connectivity index (χ0) is 13.3. The van der Waals surface area contributed by atoms with Crippen molar-refractivity contribution >= 4 is 28.1 Å². The van der Waals surface area contributed by atoms with Crippen LogP contribution in [-0.2, 0) is 6.54 Å². The summed E-state index contributed by atoms with van der Waals surface area (Å²) in [5.74, 6) is -0.333. The average molecular weight is 330 g/mol. The fraction of sp³-hybridized carbons (Fsp3) is 0.182. The van der Waals surface area contributed by atoms with Gasteiger partial charge in [0.05, 0.1) is 6.54 Å². The first-order valence-corrected chi connectivity index (χ1v) is 6.29. The third-order valence-corrected chi connectivity index (χ3v) is 3.47. The lowest BCUT2D eigenvalue weighted by atomic mass is 10.2. The Hall–Kier alpha value is -1.34. The minimum atomic E-state index is -0.333. The van der Waals surface area contributed by atoms with Crippen molar-refractivity contribution in [3.8, 4) is 0 Å². The first-order valence-electron chi connectivity index (χ1n) is 5.09. The molecule has 7 heteroatoms. The molecule has 0 amide bonds. The number of nitrogens with one attached hydrogen (secondary N) is 1. The van der Waals surface area contributed by atoms with Gasteiger partial charge in [0.15, 0.2) is 4.77 Å². The van der Waals surface area contributed by atoms with Crippen molar-refractivity contribution in [2.75, 3.05) is 0 Å². The molecule has 0 aliphatic carbocycles. The number of nitrogens with zero attached hydrogens (tertiary/aromatic N) is 2. The van der Waals surface area contributed by atoms with Gasteiger partial charge >= 0.3 is 0 Å². The van der Waals surface area contributed by atoms with Crippen LogP contribution >= 0.6 is 28.1 Å². The SMILES string of the molecule is Cc1nn(Cc2cc(F)ccc2Br)c(=S)[nH]c1=O. The third-order valence-electron chi connectivity index (χ3n) is 2.38. The lowest BCUT2D eigenvalue weighted by molar-refractivity contribution is 0.598. The van der Waals surface area contributed by atoms with Crippen LogP contribution in [0.3, 0.4) is 0 Å². The van der Waals surface area contributed by atoms with Gasteiger partial charge in [0, 0.05) is 4.47 Å². The van der Waals surface area contributed by atoms with E-state index in [4.69, 9.17) is 12.2 Å². The van der Waals surface area contributed by atoms with E-state index in [1.165, 1.54) is 16.8 Å². The van der Waals surface area contributed by atoms with Crippen LogP contribution in [0.15, 0.2) is 27.5 Å². The second-order valence-corrected chi connectivity index (χ2v) is 4.98. The lowest BCUT2D eigenvalue weighted by Crippen LogP contribution is -2.20. The van der Waals surface area contributed by atoms with Crippen LogP contribution < -0.4 is 5.56 Å². The van der Waals surface area contributed by atoms with Gasteiger partial charge in [-0.15, -0.1) is 0 Å². The average Bonchev–Trinajstić information content (AvgIpc) is 2.30. The summed E-state index contributed by atoms with van der Waals surface area (Å²) in [5.41, 5.74) is 0.704. The van der Waals surface area contributed by atoms with Crippen LogP contribution in [0, 0.1) is 17.5 Å². The van der Waals surface area contributed by atoms with Crippen molar-refractivity contribution in [1.82, 2.24) is 14.8 Å². The summed E-state index contributed by atoms with van der Waals surface area (Å²) in [5, 5.41) is 4.06. The van der Waals surface area contributed by atoms with Crippen molar-refractivity contribution < 1.29 is 4.39 Å². The van der Waals surface area contributed by atoms with E-state index in [-0.39, 0.29) is 22.7 Å². The second-order valence-electron chi connectivity index (χ2n) is 3.74. The summed E-state index contributed by atoms with van der Waals surface area (Å²) in [7, 11) is 0. The molecule has 0 bridgehead atoms. The fourth-order valence-electron chi connectivity index (χ4n) is 1.46. The van der Waals surface area contributed by atoms with E-state index in [1.807, 2.05) is 0 Å². The number of aryl methyl sites for hydroxylation is 1. The molecule has 18 heavy (non-hydrogen) atoms. The Morgan fingerprint density at radius 1 is 1.56 bits per heavy atom. The summed E-state index contributed by atoms with van der Waals surface area (Å²) < 4.78 is 15.6. The number of H-pyrrole nitrogens is 1. The predicted octanol–water partition coefficient (Wildman–Crippen LogP) is 2.56. The Morgan fingerprint density at radius 2 is 2.28 bits per heavy atom. The van der Waals surface area contributed by atoms with Crippen LogP contribution in [0.4, 0.5) is 4.39 Å². The zero-order valence-electron chi connectivity index (χ0n) is 9.41. The van der Waals surface area contributed by atoms with Crippen LogP contribution in [0.2, 0.25) is 0 Å². The number of hydrogen-bond acceptors (Lipinski definition) is 3. The molecule has 1 N–H and O–H groups in total. The second kappa shape index (κ2) is 5.11. The van der Waals surface area contributed by atoms with Crippen LogP contribution in [0.1, 0.15) is 11.3 Å². The molecule has 1 aromatic carbocycles. The summed E-state index contributed by atoms with van der Waals surface area (Å²) in [6.45, 7) is 1.87. The van der Waals surface area contributed by atoms with Gasteiger partial charge in [-0.2, -0.15) is 5.10 Å². The molecule has 0 unspecified atom stereocenters. The Labute approximate surface area is 116 Å². The molecule has 4 nitrogen and oxygen atoms in total. The lowest BCUT2D eigenvalue weighted by Gasteiger charge is -2.08. The molecular weight excluding hydrogens is 321 g/mol. The van der Waals surface area contributed by atoms with E-state index in [1.54, 1.807) is 13.0 Å². The van der Waals surface area contributed by atoms with E-state index in [9.17, 15) is 9.18 Å². The first kappa shape index (κ1) is 13.1. The number of benzene rings is 1. The van der Waals surface area contributed by atoms with E-state index in [2.05, 4.69) is 26.0 Å². The Morgan fingerprint density at radius 3 is 3.00 bits per heavy atom. The number of aromatic nitrogens is 3. The standard InChI is InChI=1S/C11H9BrFN3OS/c1-6-10(17)14-11(18)16(15-6)5-7-4-8(13)2-3-9(7)12/h2-4H,5H2,1H3,(H,14,17,18). The number of halogens is 2. The maximum atomic E-state index is 13.2. The van der Waals surface area contributed by atoms with Crippen molar-refractivity contribution in [2.24, 2.45) is 0 Å². The molecule has 1 heterocycles. The minimum absolute atomic E-state index is 0.210. The first-order chi connectivity index (χ1) is 8.47. The van der Waals surface area contributed by atoms with Gasteiger partial charge < -0.3 is 0 Å². The quantitative estimate of drug-likeness (QED) is 0.861. The van der Waals surface area contributed by atoms with Crippen molar-refractivity contribution in [3.05, 3.63) is 54.9 Å². The van der Waals surface area contributed by atoms with Crippen molar-refractivity contribution in [2.45, 2.75) is 13.5 Å². The molecule has 0 radical (unpaired) electrons. The highest BCUT2D eigenvalue weighted by atomic mass is 79.9. The Balaban J connectivity index is 2.46. The maximum absolute atomic E-state index is 13.2. The maximum Gasteiger partial charge on any atom is 0.273 e. The van der Waals surface area contributed by atoms with Gasteiger partial charge in [0.1, 0.15) is 11.5 Å². The van der Waals surface area contributed by atoms with Gasteiger partial charge in [0.2, 0.25) is 0 Å². The third kappa shape index (κ3) is 2.73. The zero-order valence-corrected chi connectivity index (χ0v) is 11.8. The van der Waals surface area contributed by atoms with E-state index >= 15 is 0 Å². The summed E-state index contributed by atoms with van der Waals surface area (Å²) in [6.07, 6.45) is 0. The number of rotatable bonds is 2. The molecule has 2 aromatic rings. The molecule has 2 rings (SSSR count). The molecule has 0 aliphatic heterocycles. The van der Waals surface area contributed by atoms with Crippen molar-refractivity contribution in [1.29, 1.82) is 0 Å². The number of aromatic amines is 1. The predicted molar refractivity (Wildman–Crippen MR) is 71.6 cm³/mol.